The largest absolute Gasteiger partial charge is 0.448 e. The van der Waals surface area contributed by atoms with Gasteiger partial charge in [0.1, 0.15) is 12.6 Å². The molecular formula is C21H19NO3. The molecule has 2 aliphatic rings. The zero-order chi connectivity index (χ0) is 17.4. The number of fused-ring (bicyclic) bond motifs is 3. The van der Waals surface area contributed by atoms with Gasteiger partial charge in [-0.3, -0.25) is 9.69 Å². The lowest BCUT2D eigenvalue weighted by molar-refractivity contribution is -0.119. The van der Waals surface area contributed by atoms with Crippen LogP contribution in [-0.2, 0) is 9.53 Å². The second kappa shape index (κ2) is 6.20. The van der Waals surface area contributed by atoms with Crippen molar-refractivity contribution in [3.8, 4) is 11.1 Å². The summed E-state index contributed by atoms with van der Waals surface area (Å²) in [6.45, 7) is 2.18. The normalized spacial score (nSPS) is 18.1. The molecule has 0 N–H and O–H groups in total. The summed E-state index contributed by atoms with van der Waals surface area (Å²) in [5.74, 6) is -0.0232. The Morgan fingerprint density at radius 2 is 1.64 bits per heavy atom. The van der Waals surface area contributed by atoms with Crippen molar-refractivity contribution in [2.75, 3.05) is 13.2 Å². The highest BCUT2D eigenvalue weighted by Gasteiger charge is 2.32. The minimum absolute atomic E-state index is 0.0303. The molecule has 0 bridgehead atoms. The Bertz CT molecular complexity index is 825. The van der Waals surface area contributed by atoms with E-state index in [0.717, 1.165) is 0 Å². The van der Waals surface area contributed by atoms with Gasteiger partial charge in [-0.05, 0) is 29.2 Å². The van der Waals surface area contributed by atoms with Crippen LogP contribution < -0.4 is 0 Å². The molecule has 1 amide bonds. The standard InChI is InChI=1S/C21H19NO3/c1-14(23)20-11-6-12-22(20)21(24)25-13-19-17-9-4-2-7-15(17)16-8-3-5-10-18(16)19/h2-11,19-20H,12-13H2,1H3/t20-/m0/s1. The number of Topliss-reactive ketones (excluding diaryl/α,β-unsaturated/α-hetero) is 1. The molecule has 2 aromatic carbocycles. The lowest BCUT2D eigenvalue weighted by Crippen LogP contribution is -2.40. The molecule has 126 valence electrons. The third kappa shape index (κ3) is 2.64. The molecule has 4 nitrogen and oxygen atoms in total. The van der Waals surface area contributed by atoms with Crippen LogP contribution in [0, 0.1) is 0 Å². The minimum atomic E-state index is -0.504. The fraction of sp³-hybridized carbons (Fsp3) is 0.238. The van der Waals surface area contributed by atoms with E-state index in [4.69, 9.17) is 4.74 Å². The smallest absolute Gasteiger partial charge is 0.410 e. The number of hydrogen-bond acceptors (Lipinski definition) is 3. The Labute approximate surface area is 146 Å². The first-order chi connectivity index (χ1) is 12.2. The van der Waals surface area contributed by atoms with E-state index in [1.54, 1.807) is 6.08 Å². The van der Waals surface area contributed by atoms with E-state index in [9.17, 15) is 9.59 Å². The number of nitrogens with zero attached hydrogens (tertiary/aromatic N) is 1. The van der Waals surface area contributed by atoms with E-state index in [2.05, 4.69) is 24.3 Å². The van der Waals surface area contributed by atoms with Crippen molar-refractivity contribution in [1.82, 2.24) is 4.90 Å². The van der Waals surface area contributed by atoms with Crippen molar-refractivity contribution in [2.45, 2.75) is 18.9 Å². The number of rotatable bonds is 3. The Balaban J connectivity index is 1.54. The number of ketones is 1. The summed E-state index contributed by atoms with van der Waals surface area (Å²) in [7, 11) is 0. The van der Waals surface area contributed by atoms with E-state index in [1.807, 2.05) is 30.3 Å². The summed E-state index contributed by atoms with van der Waals surface area (Å²) in [4.78, 5) is 25.6. The lowest BCUT2D eigenvalue weighted by Gasteiger charge is -2.23. The van der Waals surface area contributed by atoms with Gasteiger partial charge in [-0.2, -0.15) is 0 Å². The van der Waals surface area contributed by atoms with Crippen LogP contribution in [0.3, 0.4) is 0 Å². The topological polar surface area (TPSA) is 46.6 Å². The molecule has 0 radical (unpaired) electrons. The fourth-order valence-electron chi connectivity index (χ4n) is 3.74. The third-order valence-corrected chi connectivity index (χ3v) is 4.94. The van der Waals surface area contributed by atoms with Crippen LogP contribution in [0.15, 0.2) is 60.7 Å². The van der Waals surface area contributed by atoms with Gasteiger partial charge >= 0.3 is 6.09 Å². The Hall–Kier alpha value is -2.88. The van der Waals surface area contributed by atoms with Crippen LogP contribution in [-0.4, -0.2) is 36.0 Å². The van der Waals surface area contributed by atoms with Crippen LogP contribution in [0.2, 0.25) is 0 Å². The molecule has 1 aliphatic heterocycles. The van der Waals surface area contributed by atoms with Gasteiger partial charge < -0.3 is 4.74 Å². The molecule has 4 rings (SSSR count). The minimum Gasteiger partial charge on any atom is -0.448 e. The highest BCUT2D eigenvalue weighted by atomic mass is 16.6. The summed E-state index contributed by atoms with van der Waals surface area (Å²) in [6, 6.07) is 15.9. The van der Waals surface area contributed by atoms with Crippen molar-refractivity contribution in [3.05, 3.63) is 71.8 Å². The highest BCUT2D eigenvalue weighted by molar-refractivity contribution is 5.88. The van der Waals surface area contributed by atoms with Gasteiger partial charge in [0.15, 0.2) is 5.78 Å². The first-order valence-corrected chi connectivity index (χ1v) is 8.45. The maximum Gasteiger partial charge on any atom is 0.410 e. The predicted molar refractivity (Wildman–Crippen MR) is 95.4 cm³/mol. The van der Waals surface area contributed by atoms with Crippen LogP contribution >= 0.6 is 0 Å². The molecule has 1 atom stereocenters. The molecule has 1 aliphatic carbocycles. The van der Waals surface area contributed by atoms with Crippen LogP contribution in [0.5, 0.6) is 0 Å². The van der Waals surface area contributed by atoms with Crippen molar-refractivity contribution >= 4 is 11.9 Å². The van der Waals surface area contributed by atoms with Gasteiger partial charge in [-0.15, -0.1) is 0 Å². The molecule has 0 unspecified atom stereocenters. The van der Waals surface area contributed by atoms with Gasteiger partial charge in [0.05, 0.1) is 0 Å². The third-order valence-electron chi connectivity index (χ3n) is 4.94. The van der Waals surface area contributed by atoms with Crippen LogP contribution in [0.25, 0.3) is 11.1 Å². The molecular weight excluding hydrogens is 314 g/mol. The zero-order valence-corrected chi connectivity index (χ0v) is 14.0. The van der Waals surface area contributed by atoms with Gasteiger partial charge in [0, 0.05) is 12.5 Å². The predicted octanol–water partition coefficient (Wildman–Crippen LogP) is 3.76. The van der Waals surface area contributed by atoms with Crippen LogP contribution in [0.1, 0.15) is 24.0 Å². The Kier molecular flexibility index (Phi) is 3.88. The maximum absolute atomic E-state index is 12.5. The molecule has 4 heteroatoms. The number of carbonyl (C=O) groups is 2. The van der Waals surface area contributed by atoms with Gasteiger partial charge in [0.25, 0.3) is 0 Å². The first-order valence-electron chi connectivity index (χ1n) is 8.45. The van der Waals surface area contributed by atoms with E-state index < -0.39 is 12.1 Å². The van der Waals surface area contributed by atoms with Crippen molar-refractivity contribution in [3.63, 3.8) is 0 Å². The zero-order valence-electron chi connectivity index (χ0n) is 14.0. The number of hydrogen-bond donors (Lipinski definition) is 0. The number of carbonyl (C=O) groups excluding carboxylic acids is 2. The fourth-order valence-corrected chi connectivity index (χ4v) is 3.74. The average molecular weight is 333 g/mol. The summed E-state index contributed by atoms with van der Waals surface area (Å²) < 4.78 is 5.60. The molecule has 25 heavy (non-hydrogen) atoms. The van der Waals surface area contributed by atoms with Gasteiger partial charge in [-0.1, -0.05) is 60.7 Å². The lowest BCUT2D eigenvalue weighted by atomic mass is 9.98. The number of ether oxygens (including phenoxy) is 1. The quantitative estimate of drug-likeness (QED) is 0.804. The van der Waals surface area contributed by atoms with E-state index in [0.29, 0.717) is 6.54 Å². The highest BCUT2D eigenvalue weighted by Crippen LogP contribution is 2.44. The number of benzene rings is 2. The molecule has 0 saturated heterocycles. The number of amides is 1. The Morgan fingerprint density at radius 1 is 1.04 bits per heavy atom. The molecule has 0 saturated carbocycles. The molecule has 1 heterocycles. The van der Waals surface area contributed by atoms with E-state index in [-0.39, 0.29) is 18.3 Å². The molecule has 0 spiro atoms. The van der Waals surface area contributed by atoms with Crippen LogP contribution in [0.4, 0.5) is 4.79 Å². The van der Waals surface area contributed by atoms with E-state index >= 15 is 0 Å². The SMILES string of the molecule is CC(=O)[C@@H]1C=CCN1C(=O)OCC1c2ccccc2-c2ccccc21. The van der Waals surface area contributed by atoms with Gasteiger partial charge in [0.2, 0.25) is 0 Å². The second-order valence-electron chi connectivity index (χ2n) is 6.44. The maximum atomic E-state index is 12.5. The monoisotopic (exact) mass is 333 g/mol. The summed E-state index contributed by atoms with van der Waals surface area (Å²) in [5, 5.41) is 0. The molecule has 2 aromatic rings. The average Bonchev–Trinajstić information content (AvgIpc) is 3.23. The second-order valence-corrected chi connectivity index (χ2v) is 6.44. The summed E-state index contributed by atoms with van der Waals surface area (Å²) >= 11 is 0. The molecule has 0 aromatic heterocycles. The summed E-state index contributed by atoms with van der Waals surface area (Å²) in [5.41, 5.74) is 4.76. The van der Waals surface area contributed by atoms with E-state index in [1.165, 1.54) is 34.1 Å². The summed E-state index contributed by atoms with van der Waals surface area (Å²) in [6.07, 6.45) is 3.14. The molecule has 0 fully saturated rings. The Morgan fingerprint density at radius 3 is 2.24 bits per heavy atom. The van der Waals surface area contributed by atoms with Crippen molar-refractivity contribution in [2.24, 2.45) is 0 Å². The van der Waals surface area contributed by atoms with Crippen molar-refractivity contribution in [1.29, 1.82) is 0 Å². The first kappa shape index (κ1) is 15.6. The van der Waals surface area contributed by atoms with Crippen molar-refractivity contribution < 1.29 is 14.3 Å². The van der Waals surface area contributed by atoms with Gasteiger partial charge in [-0.25, -0.2) is 4.79 Å².